The van der Waals surface area contributed by atoms with Crippen LogP contribution in [0.1, 0.15) is 30.1 Å². The Morgan fingerprint density at radius 3 is 2.92 bits per heavy atom. The number of carbonyl (C=O) groups is 1. The van der Waals surface area contributed by atoms with Gasteiger partial charge in [0.05, 0.1) is 6.61 Å². The molecule has 6 bridgehead atoms. The van der Waals surface area contributed by atoms with Gasteiger partial charge in [0.15, 0.2) is 5.79 Å². The van der Waals surface area contributed by atoms with Crippen LogP contribution in [0.15, 0.2) is 24.3 Å². The van der Waals surface area contributed by atoms with Crippen LogP contribution in [0, 0.1) is 11.8 Å². The van der Waals surface area contributed by atoms with Gasteiger partial charge in [-0.15, -0.1) is 0 Å². The van der Waals surface area contributed by atoms with Crippen molar-refractivity contribution >= 4 is 16.9 Å². The van der Waals surface area contributed by atoms with Gasteiger partial charge in [0.2, 0.25) is 0 Å². The first-order valence-electron chi connectivity index (χ1n) is 9.02. The first-order valence-corrected chi connectivity index (χ1v) is 9.02. The molecule has 3 fully saturated rings. The number of benzene rings is 1. The molecular formula is C19H20N2O4. The Kier molecular flexibility index (Phi) is 2.43. The number of nitrogens with one attached hydrogen (secondary N) is 1. The molecule has 1 aliphatic carbocycles. The monoisotopic (exact) mass is 340 g/mol. The van der Waals surface area contributed by atoms with Gasteiger partial charge in [-0.2, -0.15) is 0 Å². The number of rotatable bonds is 1. The van der Waals surface area contributed by atoms with Crippen molar-refractivity contribution in [3.8, 4) is 0 Å². The third kappa shape index (κ3) is 1.39. The van der Waals surface area contributed by atoms with Crippen molar-refractivity contribution in [1.29, 1.82) is 0 Å². The van der Waals surface area contributed by atoms with Crippen LogP contribution in [0.4, 0.5) is 0 Å². The summed E-state index contributed by atoms with van der Waals surface area (Å²) in [4.78, 5) is 18.4. The molecule has 1 aromatic carbocycles. The molecule has 130 valence electrons. The highest BCUT2D eigenvalue weighted by Gasteiger charge is 2.72. The summed E-state index contributed by atoms with van der Waals surface area (Å²) in [5.41, 5.74) is 1.60. The standard InChI is InChI=1S/C19H20N2O4/c22-17(23)18-9-25-19(24)11-5-7-21(8-6-13(18)19)15(11)14-10-3-1-2-4-12(10)20-16(14)18/h1-4,11,13,15,20,24H,5-9H2,(H,22,23)/t11-,13-,15-,18-,19+/m0/s1. The second kappa shape index (κ2) is 4.26. The van der Waals surface area contributed by atoms with Crippen LogP contribution >= 0.6 is 0 Å². The van der Waals surface area contributed by atoms with E-state index < -0.39 is 23.1 Å². The highest BCUT2D eigenvalue weighted by Crippen LogP contribution is 2.63. The molecule has 0 amide bonds. The number of carboxylic acid groups (broad SMARTS) is 1. The van der Waals surface area contributed by atoms with Crippen molar-refractivity contribution in [2.24, 2.45) is 11.8 Å². The van der Waals surface area contributed by atoms with E-state index in [1.807, 2.05) is 18.2 Å². The minimum atomic E-state index is -1.35. The summed E-state index contributed by atoms with van der Waals surface area (Å²) in [6, 6.07) is 8.05. The van der Waals surface area contributed by atoms with E-state index in [0.29, 0.717) is 6.42 Å². The van der Waals surface area contributed by atoms with Crippen LogP contribution in [0.2, 0.25) is 0 Å². The molecule has 6 rings (SSSR count). The Balaban J connectivity index is 1.78. The van der Waals surface area contributed by atoms with Crippen molar-refractivity contribution in [2.75, 3.05) is 19.7 Å². The highest BCUT2D eigenvalue weighted by molar-refractivity contribution is 5.91. The molecule has 1 aromatic heterocycles. The number of aliphatic hydroxyl groups is 1. The van der Waals surface area contributed by atoms with Crippen molar-refractivity contribution in [2.45, 2.75) is 30.1 Å². The van der Waals surface area contributed by atoms with Crippen molar-refractivity contribution in [1.82, 2.24) is 9.88 Å². The lowest BCUT2D eigenvalue weighted by Crippen LogP contribution is -2.50. The maximum Gasteiger partial charge on any atom is 0.318 e. The lowest BCUT2D eigenvalue weighted by atomic mass is 9.69. The number of H-pyrrole nitrogens is 1. The number of hydrogen-bond donors (Lipinski definition) is 3. The van der Waals surface area contributed by atoms with Crippen LogP contribution in [0.5, 0.6) is 0 Å². The Morgan fingerprint density at radius 1 is 1.28 bits per heavy atom. The van der Waals surface area contributed by atoms with E-state index in [0.717, 1.165) is 41.7 Å². The first-order chi connectivity index (χ1) is 12.1. The molecule has 0 spiro atoms. The van der Waals surface area contributed by atoms with E-state index >= 15 is 0 Å². The second-order valence-electron chi connectivity index (χ2n) is 7.99. The number of carboxylic acids is 1. The predicted molar refractivity (Wildman–Crippen MR) is 89.0 cm³/mol. The normalized spacial score (nSPS) is 43.9. The summed E-state index contributed by atoms with van der Waals surface area (Å²) in [6.45, 7) is 1.77. The third-order valence-electron chi connectivity index (χ3n) is 7.23. The number of aromatic nitrogens is 1. The molecule has 3 N–H and O–H groups in total. The van der Waals surface area contributed by atoms with Gasteiger partial charge < -0.3 is 19.9 Å². The van der Waals surface area contributed by atoms with E-state index in [9.17, 15) is 15.0 Å². The van der Waals surface area contributed by atoms with Gasteiger partial charge in [0, 0.05) is 34.5 Å². The van der Waals surface area contributed by atoms with Gasteiger partial charge in [0.1, 0.15) is 5.41 Å². The third-order valence-corrected chi connectivity index (χ3v) is 7.23. The maximum absolute atomic E-state index is 12.6. The number of fused-ring (bicyclic) bond motifs is 4. The lowest BCUT2D eigenvalue weighted by Gasteiger charge is -2.36. The molecule has 1 unspecified atom stereocenters. The zero-order chi connectivity index (χ0) is 17.0. The van der Waals surface area contributed by atoms with Crippen LogP contribution < -0.4 is 0 Å². The van der Waals surface area contributed by atoms with E-state index in [1.165, 1.54) is 0 Å². The molecule has 25 heavy (non-hydrogen) atoms. The van der Waals surface area contributed by atoms with Gasteiger partial charge in [-0.05, 0) is 37.6 Å². The maximum atomic E-state index is 12.6. The molecule has 0 radical (unpaired) electrons. The van der Waals surface area contributed by atoms with E-state index in [1.54, 1.807) is 0 Å². The molecule has 4 aliphatic rings. The highest BCUT2D eigenvalue weighted by atomic mass is 16.6. The Morgan fingerprint density at radius 2 is 2.08 bits per heavy atom. The number of aliphatic carboxylic acids is 1. The zero-order valence-corrected chi connectivity index (χ0v) is 13.7. The topological polar surface area (TPSA) is 85.8 Å². The van der Waals surface area contributed by atoms with E-state index in [-0.39, 0.29) is 18.6 Å². The first kappa shape index (κ1) is 14.3. The van der Waals surface area contributed by atoms with Gasteiger partial charge >= 0.3 is 5.97 Å². The van der Waals surface area contributed by atoms with Crippen LogP contribution in [-0.2, 0) is 14.9 Å². The Labute approximate surface area is 144 Å². The summed E-state index contributed by atoms with van der Waals surface area (Å²) < 4.78 is 5.93. The SMILES string of the molecule is O=C(O)[C@@]12CO[C@@]3(O)[C@H]1CCN1CC[C@H]3[C@H]1c1c2[nH]c2ccccc12. The van der Waals surface area contributed by atoms with E-state index in [4.69, 9.17) is 4.74 Å². The summed E-state index contributed by atoms with van der Waals surface area (Å²) in [5, 5.41) is 22.9. The van der Waals surface area contributed by atoms with Crippen LogP contribution in [0.3, 0.4) is 0 Å². The summed E-state index contributed by atoms with van der Waals surface area (Å²) >= 11 is 0. The fourth-order valence-corrected chi connectivity index (χ4v) is 6.21. The van der Waals surface area contributed by atoms with Crippen molar-refractivity contribution in [3.05, 3.63) is 35.5 Å². The van der Waals surface area contributed by atoms with Crippen molar-refractivity contribution in [3.63, 3.8) is 0 Å². The van der Waals surface area contributed by atoms with Gasteiger partial charge in [-0.3, -0.25) is 9.69 Å². The number of ether oxygens (including phenoxy) is 1. The van der Waals surface area contributed by atoms with E-state index in [2.05, 4.69) is 16.0 Å². The average Bonchev–Trinajstić information content (AvgIpc) is 3.19. The second-order valence-corrected chi connectivity index (χ2v) is 7.99. The summed E-state index contributed by atoms with van der Waals surface area (Å²) in [7, 11) is 0. The smallest absolute Gasteiger partial charge is 0.318 e. The number of para-hydroxylation sites is 1. The van der Waals surface area contributed by atoms with Gasteiger partial charge in [0.25, 0.3) is 0 Å². The minimum absolute atomic E-state index is 0.0164. The van der Waals surface area contributed by atoms with Gasteiger partial charge in [-0.25, -0.2) is 0 Å². The van der Waals surface area contributed by atoms with Crippen molar-refractivity contribution < 1.29 is 19.7 Å². The quantitative estimate of drug-likeness (QED) is 0.734. The van der Waals surface area contributed by atoms with Gasteiger partial charge in [-0.1, -0.05) is 18.2 Å². The summed E-state index contributed by atoms with van der Waals surface area (Å²) in [5.74, 6) is -2.75. The fraction of sp³-hybridized carbons (Fsp3) is 0.526. The summed E-state index contributed by atoms with van der Waals surface area (Å²) in [6.07, 6.45) is 1.48. The molecule has 3 aliphatic heterocycles. The molecule has 6 nitrogen and oxygen atoms in total. The molecular weight excluding hydrogens is 320 g/mol. The lowest BCUT2D eigenvalue weighted by molar-refractivity contribution is -0.231. The molecule has 3 saturated heterocycles. The number of nitrogens with zero attached hydrogens (tertiary/aromatic N) is 1. The Hall–Kier alpha value is -1.89. The molecule has 6 heteroatoms. The zero-order valence-electron chi connectivity index (χ0n) is 13.7. The predicted octanol–water partition coefficient (Wildman–Crippen LogP) is 1.61. The minimum Gasteiger partial charge on any atom is -0.480 e. The number of hydrogen-bond acceptors (Lipinski definition) is 4. The molecule has 4 heterocycles. The largest absolute Gasteiger partial charge is 0.480 e. The number of aromatic amines is 1. The fourth-order valence-electron chi connectivity index (χ4n) is 6.21. The average molecular weight is 340 g/mol. The van der Waals surface area contributed by atoms with Crippen LogP contribution in [-0.4, -0.2) is 51.5 Å². The van der Waals surface area contributed by atoms with Crippen LogP contribution in [0.25, 0.3) is 10.9 Å². The molecule has 2 aromatic rings. The molecule has 6 atom stereocenters. The molecule has 0 saturated carbocycles. The Bertz CT molecular complexity index is 923.